The topological polar surface area (TPSA) is 96.0 Å². The number of hydrogen-bond donors (Lipinski definition) is 2. The van der Waals surface area contributed by atoms with Crippen LogP contribution in [0.5, 0.6) is 0 Å². The average molecular weight is 388 g/mol. The van der Waals surface area contributed by atoms with E-state index in [-0.39, 0.29) is 11.7 Å². The lowest BCUT2D eigenvalue weighted by Crippen LogP contribution is -2.49. The lowest BCUT2D eigenvalue weighted by Gasteiger charge is -2.26. The second-order valence-electron chi connectivity index (χ2n) is 6.09. The molecule has 0 saturated carbocycles. The number of aliphatic imine (C=N–C) groups is 1. The van der Waals surface area contributed by atoms with Crippen molar-refractivity contribution in [3.8, 4) is 0 Å². The third-order valence-electron chi connectivity index (χ3n) is 4.49. The van der Waals surface area contributed by atoms with E-state index in [9.17, 15) is 14.7 Å². The fraction of sp³-hybridized carbons (Fsp3) is 0.167. The molecule has 4 rings (SSSR count). The summed E-state index contributed by atoms with van der Waals surface area (Å²) in [6, 6.07) is 14.0. The summed E-state index contributed by atoms with van der Waals surface area (Å²) >= 11 is 6.82. The first kappa shape index (κ1) is 17.1. The van der Waals surface area contributed by atoms with Crippen LogP contribution in [0, 0.1) is 0 Å². The van der Waals surface area contributed by atoms with Crippen molar-refractivity contribution in [3.63, 3.8) is 0 Å². The summed E-state index contributed by atoms with van der Waals surface area (Å²) in [5.74, 6) is -1.17. The summed E-state index contributed by atoms with van der Waals surface area (Å²) in [6.45, 7) is 0.247. The number of aliphatic hydroxyl groups is 1. The van der Waals surface area contributed by atoms with Gasteiger partial charge in [0.15, 0.2) is 10.8 Å². The molecule has 2 atom stereocenters. The number of carbonyl (C=O) groups is 2. The van der Waals surface area contributed by atoms with Crippen molar-refractivity contribution < 1.29 is 14.7 Å². The van der Waals surface area contributed by atoms with Crippen LogP contribution in [0.4, 0.5) is 5.69 Å². The van der Waals surface area contributed by atoms with Gasteiger partial charge in [-0.3, -0.25) is 9.59 Å². The Morgan fingerprint density at radius 2 is 1.88 bits per heavy atom. The number of benzene rings is 2. The van der Waals surface area contributed by atoms with Crippen LogP contribution in [-0.2, 0) is 21.7 Å². The minimum atomic E-state index is -2.00. The van der Waals surface area contributed by atoms with Crippen LogP contribution in [0.25, 0.3) is 0 Å². The Labute approximate surface area is 158 Å². The van der Waals surface area contributed by atoms with Crippen LogP contribution in [-0.4, -0.2) is 27.3 Å². The monoisotopic (exact) mass is 387 g/mol. The Bertz CT molecular complexity index is 947. The third kappa shape index (κ3) is 2.51. The average Bonchev–Trinajstić information content (AvgIpc) is 3.08. The molecule has 2 aromatic rings. The van der Waals surface area contributed by atoms with Gasteiger partial charge in [-0.25, -0.2) is 0 Å². The molecule has 2 aromatic carbocycles. The minimum Gasteiger partial charge on any atom is -0.378 e. The molecule has 8 heteroatoms. The lowest BCUT2D eigenvalue weighted by molar-refractivity contribution is -0.140. The number of hydrogen-bond acceptors (Lipinski definition) is 5. The summed E-state index contributed by atoms with van der Waals surface area (Å²) in [6.07, 6.45) is 0. The summed E-state index contributed by atoms with van der Waals surface area (Å²) in [5.41, 5.74) is 5.42. The fourth-order valence-corrected chi connectivity index (χ4v) is 4.34. The molecule has 0 fully saturated rings. The van der Waals surface area contributed by atoms with Crippen LogP contribution in [0.2, 0.25) is 5.02 Å². The zero-order chi connectivity index (χ0) is 18.5. The molecule has 2 amide bonds. The number of anilines is 1. The SMILES string of the molecule is NC1=NC(=O)C(C2(O)C(=O)N(Cc3ccc(Cl)cc3)c3ccccc32)S1. The van der Waals surface area contributed by atoms with Crippen molar-refractivity contribution in [1.82, 2.24) is 0 Å². The highest BCUT2D eigenvalue weighted by atomic mass is 35.5. The van der Waals surface area contributed by atoms with Crippen molar-refractivity contribution in [2.75, 3.05) is 4.90 Å². The molecule has 0 bridgehead atoms. The maximum Gasteiger partial charge on any atom is 0.265 e. The van der Waals surface area contributed by atoms with Gasteiger partial charge in [0.1, 0.15) is 5.25 Å². The first-order valence-corrected chi connectivity index (χ1v) is 9.10. The number of thioether (sulfide) groups is 1. The molecule has 2 unspecified atom stereocenters. The Morgan fingerprint density at radius 1 is 1.19 bits per heavy atom. The molecule has 0 aliphatic carbocycles. The first-order chi connectivity index (χ1) is 12.4. The maximum atomic E-state index is 13.2. The molecule has 26 heavy (non-hydrogen) atoms. The van der Waals surface area contributed by atoms with Gasteiger partial charge in [-0.1, -0.05) is 53.7 Å². The van der Waals surface area contributed by atoms with E-state index in [1.165, 1.54) is 4.90 Å². The maximum absolute atomic E-state index is 13.2. The minimum absolute atomic E-state index is 0.0508. The summed E-state index contributed by atoms with van der Waals surface area (Å²) in [7, 11) is 0. The van der Waals surface area contributed by atoms with Crippen LogP contribution in [0.15, 0.2) is 53.5 Å². The second-order valence-corrected chi connectivity index (χ2v) is 7.65. The zero-order valence-electron chi connectivity index (χ0n) is 13.4. The molecule has 2 aliphatic heterocycles. The predicted molar refractivity (Wildman–Crippen MR) is 101 cm³/mol. The molecule has 3 N–H and O–H groups in total. The summed E-state index contributed by atoms with van der Waals surface area (Å²) in [4.78, 5) is 30.5. The Hall–Kier alpha value is -2.35. The van der Waals surface area contributed by atoms with Gasteiger partial charge in [0.25, 0.3) is 11.8 Å². The van der Waals surface area contributed by atoms with Gasteiger partial charge in [-0.05, 0) is 23.8 Å². The number of carbonyl (C=O) groups excluding carboxylic acids is 2. The summed E-state index contributed by atoms with van der Waals surface area (Å²) < 4.78 is 0. The van der Waals surface area contributed by atoms with E-state index < -0.39 is 22.7 Å². The number of nitrogens with zero attached hydrogens (tertiary/aromatic N) is 2. The Balaban J connectivity index is 1.75. The van der Waals surface area contributed by atoms with Crippen LogP contribution < -0.4 is 10.6 Å². The largest absolute Gasteiger partial charge is 0.378 e. The standard InChI is InChI=1S/C18H14ClN3O3S/c19-11-7-5-10(6-8-11)9-22-13-4-2-1-3-12(13)18(25,16(22)24)14-15(23)21-17(20)26-14/h1-8,14,25H,9H2,(H2,20,21,23). The molecule has 0 saturated heterocycles. The lowest BCUT2D eigenvalue weighted by atomic mass is 9.91. The van der Waals surface area contributed by atoms with Gasteiger partial charge in [0, 0.05) is 10.6 Å². The molecule has 132 valence electrons. The van der Waals surface area contributed by atoms with Gasteiger partial charge < -0.3 is 15.7 Å². The quantitative estimate of drug-likeness (QED) is 0.840. The Morgan fingerprint density at radius 3 is 2.54 bits per heavy atom. The molecular formula is C18H14ClN3O3S. The number of amidine groups is 1. The highest BCUT2D eigenvalue weighted by Gasteiger charge is 2.59. The normalized spacial score (nSPS) is 24.8. The highest BCUT2D eigenvalue weighted by Crippen LogP contribution is 2.47. The number of para-hydroxylation sites is 1. The van der Waals surface area contributed by atoms with Crippen LogP contribution >= 0.6 is 23.4 Å². The van der Waals surface area contributed by atoms with E-state index in [1.807, 2.05) is 12.1 Å². The van der Waals surface area contributed by atoms with Gasteiger partial charge >= 0.3 is 0 Å². The van der Waals surface area contributed by atoms with Gasteiger partial charge in [-0.15, -0.1) is 0 Å². The van der Waals surface area contributed by atoms with Gasteiger partial charge in [-0.2, -0.15) is 4.99 Å². The number of fused-ring (bicyclic) bond motifs is 1. The van der Waals surface area contributed by atoms with Crippen molar-refractivity contribution >= 4 is 46.0 Å². The number of nitrogens with two attached hydrogens (primary N) is 1. The Kier molecular flexibility index (Phi) is 4.02. The zero-order valence-corrected chi connectivity index (χ0v) is 15.0. The van der Waals surface area contributed by atoms with Gasteiger partial charge in [0.05, 0.1) is 12.2 Å². The molecule has 2 aliphatic rings. The predicted octanol–water partition coefficient (Wildman–Crippen LogP) is 2.03. The van der Waals surface area contributed by atoms with Gasteiger partial charge in [0.2, 0.25) is 0 Å². The fourth-order valence-electron chi connectivity index (χ4n) is 3.27. The van der Waals surface area contributed by atoms with Crippen molar-refractivity contribution in [2.24, 2.45) is 10.7 Å². The molecule has 6 nitrogen and oxygen atoms in total. The molecule has 0 radical (unpaired) electrons. The van der Waals surface area contributed by atoms with Crippen molar-refractivity contribution in [1.29, 1.82) is 0 Å². The third-order valence-corrected chi connectivity index (χ3v) is 5.86. The van der Waals surface area contributed by atoms with Crippen molar-refractivity contribution in [3.05, 3.63) is 64.7 Å². The van der Waals surface area contributed by atoms with E-state index in [4.69, 9.17) is 17.3 Å². The van der Waals surface area contributed by atoms with E-state index in [0.717, 1.165) is 17.3 Å². The van der Waals surface area contributed by atoms with Crippen LogP contribution in [0.3, 0.4) is 0 Å². The summed E-state index contributed by atoms with van der Waals surface area (Å²) in [5, 5.41) is 10.9. The number of rotatable bonds is 3. The van der Waals surface area contributed by atoms with E-state index in [1.54, 1.807) is 36.4 Å². The highest BCUT2D eigenvalue weighted by molar-refractivity contribution is 8.15. The van der Waals surface area contributed by atoms with Crippen molar-refractivity contribution in [2.45, 2.75) is 17.4 Å². The molecular weight excluding hydrogens is 374 g/mol. The molecule has 0 aromatic heterocycles. The van der Waals surface area contributed by atoms with E-state index in [0.29, 0.717) is 16.3 Å². The number of halogens is 1. The molecule has 0 spiro atoms. The van der Waals surface area contributed by atoms with E-state index >= 15 is 0 Å². The smallest absolute Gasteiger partial charge is 0.265 e. The van der Waals surface area contributed by atoms with Crippen LogP contribution in [0.1, 0.15) is 11.1 Å². The van der Waals surface area contributed by atoms with E-state index in [2.05, 4.69) is 4.99 Å². The number of amides is 2. The molecule has 2 heterocycles. The first-order valence-electron chi connectivity index (χ1n) is 7.84. The second kappa shape index (κ2) is 6.12.